The van der Waals surface area contributed by atoms with Crippen LogP contribution in [0.5, 0.6) is 5.75 Å². The quantitative estimate of drug-likeness (QED) is 0.417. The third kappa shape index (κ3) is 6.05. The monoisotopic (exact) mass is 400 g/mol. The molecule has 2 N–H and O–H groups in total. The number of carbonyl (C=O) groups excluding carboxylic acids is 2. The van der Waals surface area contributed by atoms with Crippen molar-refractivity contribution in [3.05, 3.63) is 60.2 Å². The van der Waals surface area contributed by atoms with Crippen LogP contribution in [0.1, 0.15) is 18.9 Å². The minimum Gasteiger partial charge on any atom is -0.497 e. The van der Waals surface area contributed by atoms with Crippen molar-refractivity contribution >= 4 is 23.9 Å². The number of hydroxylamine groups is 2. The number of anilines is 1. The van der Waals surface area contributed by atoms with Crippen LogP contribution in [-0.4, -0.2) is 47.5 Å². The highest BCUT2D eigenvalue weighted by molar-refractivity contribution is 5.93. The summed E-state index contributed by atoms with van der Waals surface area (Å²) in [5.41, 5.74) is 1.23. The zero-order chi connectivity index (χ0) is 21.2. The summed E-state index contributed by atoms with van der Waals surface area (Å²) in [5.74, 6) is -1.13. The van der Waals surface area contributed by atoms with Gasteiger partial charge in [-0.1, -0.05) is 37.3 Å². The molecule has 0 aliphatic heterocycles. The Labute approximate surface area is 169 Å². The van der Waals surface area contributed by atoms with E-state index < -0.39 is 23.8 Å². The summed E-state index contributed by atoms with van der Waals surface area (Å²) in [7, 11) is 1.52. The van der Waals surface area contributed by atoms with Crippen LogP contribution >= 0.6 is 0 Å². The number of rotatable bonds is 12. The first-order valence-corrected chi connectivity index (χ1v) is 9.06. The standard InChI is InChI=1S/C21H24N2O6/c1-3-18(25)20(23(14-24)29-13-15-7-5-4-6-8-15)19(21(26)27)22-16-9-11-17(28-2)12-10-16/h4-12,14,19-20,22H,3,13H2,1-2H3,(H,26,27)/t19-,20?/m0/s1. The Balaban J connectivity index is 2.25. The van der Waals surface area contributed by atoms with E-state index in [2.05, 4.69) is 5.32 Å². The van der Waals surface area contributed by atoms with Gasteiger partial charge in [0.1, 0.15) is 18.4 Å². The number of carboxylic acids is 1. The minimum atomic E-state index is -1.41. The van der Waals surface area contributed by atoms with E-state index in [-0.39, 0.29) is 13.0 Å². The van der Waals surface area contributed by atoms with E-state index in [1.165, 1.54) is 7.11 Å². The van der Waals surface area contributed by atoms with Crippen LogP contribution in [0.4, 0.5) is 5.69 Å². The molecule has 0 aliphatic rings. The fourth-order valence-corrected chi connectivity index (χ4v) is 2.73. The lowest BCUT2D eigenvalue weighted by Crippen LogP contribution is -2.54. The molecule has 2 aromatic carbocycles. The molecule has 2 atom stereocenters. The van der Waals surface area contributed by atoms with Crippen molar-refractivity contribution in [2.24, 2.45) is 0 Å². The average molecular weight is 400 g/mol. The van der Waals surface area contributed by atoms with Crippen LogP contribution in [0, 0.1) is 0 Å². The van der Waals surface area contributed by atoms with Crippen molar-refractivity contribution in [3.63, 3.8) is 0 Å². The Morgan fingerprint density at radius 1 is 1.14 bits per heavy atom. The number of ether oxygens (including phenoxy) is 1. The minimum absolute atomic E-state index is 0.0158. The van der Waals surface area contributed by atoms with E-state index in [1.54, 1.807) is 43.3 Å². The Hall–Kier alpha value is -3.39. The van der Waals surface area contributed by atoms with E-state index in [9.17, 15) is 19.5 Å². The highest BCUT2D eigenvalue weighted by Gasteiger charge is 2.38. The summed E-state index contributed by atoms with van der Waals surface area (Å²) in [6.07, 6.45) is 0.366. The molecule has 2 rings (SSSR count). The fourth-order valence-electron chi connectivity index (χ4n) is 2.73. The van der Waals surface area contributed by atoms with E-state index >= 15 is 0 Å². The molecule has 1 unspecified atom stereocenters. The molecule has 0 bridgehead atoms. The van der Waals surface area contributed by atoms with Crippen LogP contribution < -0.4 is 10.1 Å². The number of Topliss-reactive ketones (excluding diaryl/α,β-unsaturated/α-hetero) is 1. The number of benzene rings is 2. The first kappa shape index (κ1) is 21.9. The lowest BCUT2D eigenvalue weighted by molar-refractivity contribution is -0.197. The van der Waals surface area contributed by atoms with E-state index in [0.717, 1.165) is 10.6 Å². The topological polar surface area (TPSA) is 105 Å². The van der Waals surface area contributed by atoms with Gasteiger partial charge in [-0.3, -0.25) is 14.4 Å². The van der Waals surface area contributed by atoms with Gasteiger partial charge >= 0.3 is 5.97 Å². The molecule has 29 heavy (non-hydrogen) atoms. The zero-order valence-electron chi connectivity index (χ0n) is 16.3. The van der Waals surface area contributed by atoms with E-state index in [1.807, 2.05) is 18.2 Å². The second-order valence-electron chi connectivity index (χ2n) is 6.18. The second kappa shape index (κ2) is 10.8. The summed E-state index contributed by atoms with van der Waals surface area (Å²) in [5, 5.41) is 13.3. The summed E-state index contributed by atoms with van der Waals surface area (Å²) in [6.45, 7) is 1.61. The molecule has 8 nitrogen and oxygen atoms in total. The predicted molar refractivity (Wildman–Crippen MR) is 106 cm³/mol. The largest absolute Gasteiger partial charge is 0.497 e. The van der Waals surface area contributed by atoms with Crippen molar-refractivity contribution in [2.45, 2.75) is 32.0 Å². The van der Waals surface area contributed by atoms with Gasteiger partial charge in [0.2, 0.25) is 6.41 Å². The number of methoxy groups -OCH3 is 1. The van der Waals surface area contributed by atoms with E-state index in [4.69, 9.17) is 9.57 Å². The Morgan fingerprint density at radius 3 is 2.31 bits per heavy atom. The molecule has 0 spiro atoms. The summed E-state index contributed by atoms with van der Waals surface area (Å²) >= 11 is 0. The number of aliphatic carboxylic acids is 1. The van der Waals surface area contributed by atoms with Gasteiger partial charge < -0.3 is 15.2 Å². The van der Waals surface area contributed by atoms with Gasteiger partial charge in [-0.2, -0.15) is 0 Å². The molecule has 154 valence electrons. The maximum atomic E-state index is 12.6. The molecule has 0 fully saturated rings. The number of nitrogens with one attached hydrogen (secondary N) is 1. The van der Waals surface area contributed by atoms with Crippen molar-refractivity contribution in [2.75, 3.05) is 12.4 Å². The maximum absolute atomic E-state index is 12.6. The maximum Gasteiger partial charge on any atom is 0.328 e. The normalized spacial score (nSPS) is 12.5. The van der Waals surface area contributed by atoms with Crippen molar-refractivity contribution in [3.8, 4) is 5.75 Å². The molecule has 0 saturated heterocycles. The highest BCUT2D eigenvalue weighted by atomic mass is 16.7. The fraction of sp³-hybridized carbons (Fsp3) is 0.286. The first-order chi connectivity index (χ1) is 14.0. The van der Waals surface area contributed by atoms with Crippen LogP contribution in [0.25, 0.3) is 0 Å². The molecule has 8 heteroatoms. The first-order valence-electron chi connectivity index (χ1n) is 9.06. The molecule has 1 amide bonds. The Kier molecular flexibility index (Phi) is 8.17. The Bertz CT molecular complexity index is 810. The third-order valence-electron chi connectivity index (χ3n) is 4.27. The SMILES string of the molecule is CCC(=O)C([C@H](Nc1ccc(OC)cc1)C(=O)O)N(C=O)OCc1ccccc1. The zero-order valence-corrected chi connectivity index (χ0v) is 16.3. The number of ketones is 1. The average Bonchev–Trinajstić information content (AvgIpc) is 2.76. The van der Waals surface area contributed by atoms with Gasteiger partial charge in [-0.15, -0.1) is 0 Å². The highest BCUT2D eigenvalue weighted by Crippen LogP contribution is 2.19. The van der Waals surface area contributed by atoms with Crippen LogP contribution in [0.3, 0.4) is 0 Å². The van der Waals surface area contributed by atoms with Gasteiger partial charge in [-0.05, 0) is 29.8 Å². The summed E-state index contributed by atoms with van der Waals surface area (Å²) in [6, 6.07) is 12.8. The molecule has 0 aliphatic carbocycles. The van der Waals surface area contributed by atoms with Gasteiger partial charge in [0.25, 0.3) is 0 Å². The number of amides is 1. The van der Waals surface area contributed by atoms with Crippen LogP contribution in [0.15, 0.2) is 54.6 Å². The number of carbonyl (C=O) groups is 3. The number of hydrogen-bond donors (Lipinski definition) is 2. The molecule has 0 aromatic heterocycles. The van der Waals surface area contributed by atoms with Crippen molar-refractivity contribution in [1.82, 2.24) is 5.06 Å². The molecule has 0 radical (unpaired) electrons. The number of nitrogens with zero attached hydrogens (tertiary/aromatic N) is 1. The summed E-state index contributed by atoms with van der Waals surface area (Å²) in [4.78, 5) is 41.7. The lowest BCUT2D eigenvalue weighted by atomic mass is 10.0. The van der Waals surface area contributed by atoms with Gasteiger partial charge in [-0.25, -0.2) is 9.86 Å². The summed E-state index contributed by atoms with van der Waals surface area (Å²) < 4.78 is 5.08. The third-order valence-corrected chi connectivity index (χ3v) is 4.27. The smallest absolute Gasteiger partial charge is 0.328 e. The Morgan fingerprint density at radius 2 is 1.79 bits per heavy atom. The van der Waals surface area contributed by atoms with E-state index in [0.29, 0.717) is 17.8 Å². The van der Waals surface area contributed by atoms with Gasteiger partial charge in [0, 0.05) is 12.1 Å². The predicted octanol–water partition coefficient (Wildman–Crippen LogP) is 2.50. The molecule has 2 aromatic rings. The van der Waals surface area contributed by atoms with Crippen molar-refractivity contribution < 1.29 is 29.1 Å². The lowest BCUT2D eigenvalue weighted by Gasteiger charge is -2.31. The molecule has 0 saturated carbocycles. The van der Waals surface area contributed by atoms with Crippen molar-refractivity contribution in [1.29, 1.82) is 0 Å². The second-order valence-corrected chi connectivity index (χ2v) is 6.18. The number of hydrogen-bond acceptors (Lipinski definition) is 6. The van der Waals surface area contributed by atoms with Crippen LogP contribution in [-0.2, 0) is 25.8 Å². The van der Waals surface area contributed by atoms with Crippen LogP contribution in [0.2, 0.25) is 0 Å². The number of carboxylic acid groups (broad SMARTS) is 1. The molecule has 0 heterocycles. The molecular weight excluding hydrogens is 376 g/mol. The van der Waals surface area contributed by atoms with Gasteiger partial charge in [0.05, 0.1) is 7.11 Å². The van der Waals surface area contributed by atoms with Gasteiger partial charge in [0.15, 0.2) is 11.8 Å². The molecular formula is C21H24N2O6.